The number of aromatic nitrogens is 4. The van der Waals surface area contributed by atoms with Gasteiger partial charge in [0.1, 0.15) is 12.4 Å². The fourth-order valence-corrected chi connectivity index (χ4v) is 5.54. The molecule has 2 N–H and O–H groups in total. The quantitative estimate of drug-likeness (QED) is 0.257. The third-order valence-electron chi connectivity index (χ3n) is 7.43. The number of amides is 1. The molecule has 1 aliphatic heterocycles. The lowest BCUT2D eigenvalue weighted by atomic mass is 9.96. The number of piperazine rings is 1. The summed E-state index contributed by atoms with van der Waals surface area (Å²) in [6.07, 6.45) is 0. The minimum absolute atomic E-state index is 0.171. The summed E-state index contributed by atoms with van der Waals surface area (Å²) in [6.45, 7) is 4.91. The smallest absolute Gasteiger partial charge is 0.262 e. The highest BCUT2D eigenvalue weighted by Gasteiger charge is 2.26. The highest BCUT2D eigenvalue weighted by Crippen LogP contribution is 2.31. The second-order valence-corrected chi connectivity index (χ2v) is 10.4. The fourth-order valence-electron chi connectivity index (χ4n) is 5.41. The first-order chi connectivity index (χ1) is 20.2. The third-order valence-corrected chi connectivity index (χ3v) is 7.69. The lowest BCUT2D eigenvalue weighted by Crippen LogP contribution is -2.48. The molecule has 0 aliphatic carbocycles. The third kappa shape index (κ3) is 6.22. The first-order valence-electron chi connectivity index (χ1n) is 13.6. The van der Waals surface area contributed by atoms with E-state index in [1.165, 1.54) is 11.1 Å². The molecule has 208 valence electrons. The van der Waals surface area contributed by atoms with Crippen LogP contribution in [-0.4, -0.2) is 75.7 Å². The Morgan fingerprint density at radius 1 is 0.902 bits per heavy atom. The van der Waals surface area contributed by atoms with Gasteiger partial charge < -0.3 is 4.74 Å². The number of anilines is 1. The van der Waals surface area contributed by atoms with Crippen molar-refractivity contribution in [2.75, 3.05) is 44.6 Å². The average Bonchev–Trinajstić information content (AvgIpc) is 3.52. The Kier molecular flexibility index (Phi) is 8.18. The molecule has 41 heavy (non-hydrogen) atoms. The van der Waals surface area contributed by atoms with Crippen LogP contribution in [0.2, 0.25) is 5.02 Å². The fraction of sp³-hybridized carbons (Fsp3) is 0.226. The maximum atomic E-state index is 13.2. The molecule has 1 fully saturated rings. The number of fused-ring (bicyclic) bond motifs is 1. The predicted molar refractivity (Wildman–Crippen MR) is 159 cm³/mol. The van der Waals surface area contributed by atoms with E-state index in [0.717, 1.165) is 48.5 Å². The first-order valence-corrected chi connectivity index (χ1v) is 14.0. The number of carbonyl (C=O) groups is 1. The van der Waals surface area contributed by atoms with Crippen LogP contribution in [-0.2, 0) is 0 Å². The van der Waals surface area contributed by atoms with E-state index < -0.39 is 0 Å². The molecule has 6 rings (SSSR count). The van der Waals surface area contributed by atoms with E-state index in [1.54, 1.807) is 0 Å². The number of carbonyl (C=O) groups excluding carboxylic acids is 1. The highest BCUT2D eigenvalue weighted by atomic mass is 35.5. The van der Waals surface area contributed by atoms with E-state index in [9.17, 15) is 4.79 Å². The van der Waals surface area contributed by atoms with Crippen LogP contribution in [0.3, 0.4) is 0 Å². The Morgan fingerprint density at radius 3 is 2.39 bits per heavy atom. The number of H-pyrrole nitrogens is 1. The standard InChI is InChI=1S/C31H30ClN7O2/c32-25-13-10-24(11-14-25)29(23-7-2-1-3-8-23)39-18-16-38(17-19-39)20-21-41-27-15-12-22-6-4-5-9-26(22)28(27)30(40)33-31-34-36-37-35-31/h1-15,29H,16-21H2,(H2,33,34,35,36,37,40). The molecule has 9 nitrogen and oxygen atoms in total. The van der Waals surface area contributed by atoms with Crippen LogP contribution in [0, 0.1) is 0 Å². The van der Waals surface area contributed by atoms with Crippen LogP contribution < -0.4 is 10.1 Å². The molecule has 2 heterocycles. The number of aromatic amines is 1. The molecule has 1 aliphatic rings. The second-order valence-electron chi connectivity index (χ2n) is 9.95. The number of benzene rings is 4. The molecule has 0 spiro atoms. The zero-order valence-electron chi connectivity index (χ0n) is 22.4. The van der Waals surface area contributed by atoms with Crippen molar-refractivity contribution >= 4 is 34.2 Å². The SMILES string of the molecule is O=C(Nc1nnn[nH]1)c1c(OCCN2CCN(C(c3ccccc3)c3ccc(Cl)cc3)CC2)ccc2ccccc12. The number of hydrogen-bond acceptors (Lipinski definition) is 7. The van der Waals surface area contributed by atoms with Crippen LogP contribution in [0.5, 0.6) is 5.75 Å². The number of ether oxygens (including phenoxy) is 1. The molecular weight excluding hydrogens is 538 g/mol. The Morgan fingerprint density at radius 2 is 1.63 bits per heavy atom. The van der Waals surface area contributed by atoms with Crippen LogP contribution in [0.4, 0.5) is 5.95 Å². The molecule has 5 aromatic rings. The average molecular weight is 568 g/mol. The van der Waals surface area contributed by atoms with Crippen molar-refractivity contribution in [2.24, 2.45) is 0 Å². The van der Waals surface area contributed by atoms with Crippen LogP contribution in [0.1, 0.15) is 27.5 Å². The Balaban J connectivity index is 1.11. The predicted octanol–water partition coefficient (Wildman–Crippen LogP) is 5.04. The lowest BCUT2D eigenvalue weighted by Gasteiger charge is -2.39. The van der Waals surface area contributed by atoms with Gasteiger partial charge in [0.05, 0.1) is 11.6 Å². The molecule has 1 saturated heterocycles. The van der Waals surface area contributed by atoms with Gasteiger partial charge in [-0.05, 0) is 50.5 Å². The number of halogens is 1. The van der Waals surface area contributed by atoms with E-state index in [-0.39, 0.29) is 17.9 Å². The van der Waals surface area contributed by atoms with Crippen molar-refractivity contribution < 1.29 is 9.53 Å². The summed E-state index contributed by atoms with van der Waals surface area (Å²) >= 11 is 6.18. The van der Waals surface area contributed by atoms with Crippen molar-refractivity contribution in [2.45, 2.75) is 6.04 Å². The summed E-state index contributed by atoms with van der Waals surface area (Å²) in [6, 6.07) is 30.5. The van der Waals surface area contributed by atoms with Crippen molar-refractivity contribution in [3.8, 4) is 5.75 Å². The summed E-state index contributed by atoms with van der Waals surface area (Å²) in [5.74, 6) is 0.372. The summed E-state index contributed by atoms with van der Waals surface area (Å²) in [7, 11) is 0. The van der Waals surface area contributed by atoms with Gasteiger partial charge in [-0.2, -0.15) is 0 Å². The van der Waals surface area contributed by atoms with Crippen molar-refractivity contribution in [1.29, 1.82) is 0 Å². The summed E-state index contributed by atoms with van der Waals surface area (Å²) < 4.78 is 6.22. The number of tetrazole rings is 1. The number of nitrogens with one attached hydrogen (secondary N) is 2. The molecule has 0 saturated carbocycles. The monoisotopic (exact) mass is 567 g/mol. The van der Waals surface area contributed by atoms with Crippen LogP contribution in [0.15, 0.2) is 91.0 Å². The normalized spacial score (nSPS) is 15.0. The minimum atomic E-state index is -0.335. The molecule has 1 amide bonds. The molecular formula is C31H30ClN7O2. The number of rotatable bonds is 9. The van der Waals surface area contributed by atoms with E-state index in [2.05, 4.69) is 78.2 Å². The molecule has 4 aromatic carbocycles. The van der Waals surface area contributed by atoms with Gasteiger partial charge in [-0.1, -0.05) is 89.5 Å². The highest BCUT2D eigenvalue weighted by molar-refractivity contribution is 6.30. The molecule has 0 radical (unpaired) electrons. The molecule has 0 bridgehead atoms. The Hall–Kier alpha value is -4.31. The summed E-state index contributed by atoms with van der Waals surface area (Å²) in [4.78, 5) is 18.2. The zero-order valence-corrected chi connectivity index (χ0v) is 23.2. The van der Waals surface area contributed by atoms with Gasteiger partial charge >= 0.3 is 0 Å². The molecule has 1 atom stereocenters. The largest absolute Gasteiger partial charge is 0.491 e. The van der Waals surface area contributed by atoms with Gasteiger partial charge in [-0.25, -0.2) is 5.10 Å². The minimum Gasteiger partial charge on any atom is -0.491 e. The van der Waals surface area contributed by atoms with Crippen LogP contribution >= 0.6 is 11.6 Å². The Labute approximate surface area is 243 Å². The number of hydrogen-bond donors (Lipinski definition) is 2. The maximum absolute atomic E-state index is 13.2. The first kappa shape index (κ1) is 26.9. The van der Waals surface area contributed by atoms with E-state index >= 15 is 0 Å². The number of nitrogens with zero attached hydrogens (tertiary/aromatic N) is 5. The van der Waals surface area contributed by atoms with E-state index in [1.807, 2.05) is 48.5 Å². The van der Waals surface area contributed by atoms with Gasteiger partial charge in [-0.15, -0.1) is 0 Å². The zero-order chi connectivity index (χ0) is 28.0. The van der Waals surface area contributed by atoms with E-state index in [0.29, 0.717) is 17.9 Å². The molecule has 10 heteroatoms. The van der Waals surface area contributed by atoms with Crippen molar-refractivity contribution in [3.63, 3.8) is 0 Å². The molecule has 1 unspecified atom stereocenters. The Bertz CT molecular complexity index is 1590. The van der Waals surface area contributed by atoms with Crippen molar-refractivity contribution in [3.05, 3.63) is 113 Å². The topological polar surface area (TPSA) is 99.3 Å². The second kappa shape index (κ2) is 12.5. The summed E-state index contributed by atoms with van der Waals surface area (Å²) in [5.41, 5.74) is 2.97. The van der Waals surface area contributed by atoms with Gasteiger partial charge in [0, 0.05) is 37.7 Å². The summed E-state index contributed by atoms with van der Waals surface area (Å²) in [5, 5.41) is 18.6. The van der Waals surface area contributed by atoms with E-state index in [4.69, 9.17) is 16.3 Å². The van der Waals surface area contributed by atoms with Gasteiger partial charge in [0.25, 0.3) is 5.91 Å². The molecule has 1 aromatic heterocycles. The lowest BCUT2D eigenvalue weighted by molar-refractivity contribution is 0.0964. The van der Waals surface area contributed by atoms with Gasteiger partial charge in [0.2, 0.25) is 5.95 Å². The van der Waals surface area contributed by atoms with Gasteiger partial charge in [0.15, 0.2) is 0 Å². The maximum Gasteiger partial charge on any atom is 0.262 e. The van der Waals surface area contributed by atoms with Crippen molar-refractivity contribution in [1.82, 2.24) is 30.4 Å². The van der Waals surface area contributed by atoms with Crippen LogP contribution in [0.25, 0.3) is 10.8 Å². The van der Waals surface area contributed by atoms with Gasteiger partial charge in [-0.3, -0.25) is 19.9 Å².